The maximum Gasteiger partial charge on any atom is 0.357 e. The Morgan fingerprint density at radius 2 is 2.29 bits per heavy atom. The number of thiazole rings is 1. The Morgan fingerprint density at radius 1 is 1.47 bits per heavy atom. The number of rotatable bonds is 2. The molecule has 2 saturated carbocycles. The number of methoxy groups -OCH3 is 1. The first-order valence-electron chi connectivity index (χ1n) is 5.93. The van der Waals surface area contributed by atoms with E-state index in [-0.39, 0.29) is 5.97 Å². The van der Waals surface area contributed by atoms with E-state index < -0.39 is 0 Å². The van der Waals surface area contributed by atoms with Crippen LogP contribution >= 0.6 is 27.3 Å². The molecular formula is C12H14BrNO2S. The molecule has 0 aromatic carbocycles. The average Bonchev–Trinajstić information content (AvgIpc) is 3.01. The number of aromatic nitrogens is 1. The number of ether oxygens (including phenoxy) is 1. The van der Waals surface area contributed by atoms with Gasteiger partial charge in [0.05, 0.1) is 7.11 Å². The lowest BCUT2D eigenvalue weighted by atomic mass is 9.87. The van der Waals surface area contributed by atoms with Crippen molar-refractivity contribution in [1.82, 2.24) is 4.98 Å². The quantitative estimate of drug-likeness (QED) is 0.783. The van der Waals surface area contributed by atoms with Crippen LogP contribution < -0.4 is 0 Å². The lowest BCUT2D eigenvalue weighted by Gasteiger charge is -2.20. The molecule has 2 aliphatic carbocycles. The Kier molecular flexibility index (Phi) is 2.99. The summed E-state index contributed by atoms with van der Waals surface area (Å²) in [6, 6.07) is 0. The molecule has 0 radical (unpaired) electrons. The fourth-order valence-corrected chi connectivity index (χ4v) is 5.05. The number of halogens is 1. The van der Waals surface area contributed by atoms with Crippen molar-refractivity contribution in [2.24, 2.45) is 11.8 Å². The molecule has 2 fully saturated rings. The first kappa shape index (κ1) is 11.7. The zero-order chi connectivity index (χ0) is 12.0. The number of nitrogens with zero attached hydrogens (tertiary/aromatic N) is 1. The Balaban J connectivity index is 1.94. The van der Waals surface area contributed by atoms with Gasteiger partial charge in [-0.3, -0.25) is 0 Å². The Bertz CT molecular complexity index is 459. The molecule has 0 N–H and O–H groups in total. The zero-order valence-corrected chi connectivity index (χ0v) is 12.0. The van der Waals surface area contributed by atoms with E-state index in [4.69, 9.17) is 4.74 Å². The van der Waals surface area contributed by atoms with Crippen LogP contribution in [0.3, 0.4) is 0 Å². The minimum absolute atomic E-state index is 0.301. The largest absolute Gasteiger partial charge is 0.464 e. The summed E-state index contributed by atoms with van der Waals surface area (Å²) in [5, 5.41) is 0. The van der Waals surface area contributed by atoms with Gasteiger partial charge in [-0.25, -0.2) is 9.78 Å². The molecule has 3 nitrogen and oxygen atoms in total. The van der Waals surface area contributed by atoms with E-state index in [0.29, 0.717) is 11.6 Å². The molecule has 3 rings (SSSR count). The SMILES string of the molecule is COC(=O)c1nc(Br)sc1C1CC2CCC1C2. The number of fused-ring (bicyclic) bond motifs is 2. The molecule has 2 bridgehead atoms. The Hall–Kier alpha value is -0.420. The molecule has 0 amide bonds. The molecule has 1 aromatic heterocycles. The van der Waals surface area contributed by atoms with E-state index >= 15 is 0 Å². The highest BCUT2D eigenvalue weighted by Crippen LogP contribution is 2.54. The Labute approximate surface area is 113 Å². The van der Waals surface area contributed by atoms with Gasteiger partial charge in [-0.2, -0.15) is 0 Å². The van der Waals surface area contributed by atoms with Gasteiger partial charge in [-0.05, 0) is 52.9 Å². The van der Waals surface area contributed by atoms with Crippen molar-refractivity contribution in [3.8, 4) is 0 Å². The first-order valence-corrected chi connectivity index (χ1v) is 7.54. The summed E-state index contributed by atoms with van der Waals surface area (Å²) in [7, 11) is 1.42. The summed E-state index contributed by atoms with van der Waals surface area (Å²) in [5.74, 6) is 1.86. The van der Waals surface area contributed by atoms with Gasteiger partial charge in [0, 0.05) is 4.88 Å². The third-order valence-corrected chi connectivity index (χ3v) is 5.72. The second-order valence-electron chi connectivity index (χ2n) is 4.95. The van der Waals surface area contributed by atoms with Gasteiger partial charge in [-0.15, -0.1) is 11.3 Å². The topological polar surface area (TPSA) is 39.2 Å². The Morgan fingerprint density at radius 3 is 2.88 bits per heavy atom. The zero-order valence-electron chi connectivity index (χ0n) is 9.61. The molecule has 0 saturated heterocycles. The third-order valence-electron chi connectivity index (χ3n) is 4.08. The van der Waals surface area contributed by atoms with Gasteiger partial charge in [0.1, 0.15) is 0 Å². The summed E-state index contributed by atoms with van der Waals surface area (Å²) in [5.41, 5.74) is 0.530. The van der Waals surface area contributed by atoms with Crippen LogP contribution in [0, 0.1) is 11.8 Å². The van der Waals surface area contributed by atoms with Crippen molar-refractivity contribution in [2.75, 3.05) is 7.11 Å². The second kappa shape index (κ2) is 4.35. The normalized spacial score (nSPS) is 30.8. The van der Waals surface area contributed by atoms with Gasteiger partial charge >= 0.3 is 5.97 Å². The van der Waals surface area contributed by atoms with E-state index in [1.807, 2.05) is 0 Å². The minimum Gasteiger partial charge on any atom is -0.464 e. The molecule has 1 aromatic rings. The number of carbonyl (C=O) groups excluding carboxylic acids is 1. The number of hydrogen-bond acceptors (Lipinski definition) is 4. The summed E-state index contributed by atoms with van der Waals surface area (Å²) in [6.07, 6.45) is 5.24. The van der Waals surface area contributed by atoms with Gasteiger partial charge in [0.15, 0.2) is 9.61 Å². The van der Waals surface area contributed by atoms with Crippen molar-refractivity contribution >= 4 is 33.2 Å². The number of carbonyl (C=O) groups is 1. The van der Waals surface area contributed by atoms with E-state index in [9.17, 15) is 4.79 Å². The predicted molar refractivity (Wildman–Crippen MR) is 69.3 cm³/mol. The van der Waals surface area contributed by atoms with Crippen molar-refractivity contribution in [3.05, 3.63) is 14.5 Å². The number of esters is 1. The van der Waals surface area contributed by atoms with E-state index in [1.165, 1.54) is 32.8 Å². The molecule has 3 unspecified atom stereocenters. The highest BCUT2D eigenvalue weighted by Gasteiger charge is 2.42. The van der Waals surface area contributed by atoms with Crippen molar-refractivity contribution < 1.29 is 9.53 Å². The van der Waals surface area contributed by atoms with E-state index in [2.05, 4.69) is 20.9 Å². The van der Waals surface area contributed by atoms with Crippen LogP contribution in [0.1, 0.15) is 47.0 Å². The van der Waals surface area contributed by atoms with Crippen LogP contribution in [0.25, 0.3) is 0 Å². The van der Waals surface area contributed by atoms with E-state index in [1.54, 1.807) is 11.3 Å². The summed E-state index contributed by atoms with van der Waals surface area (Å²) in [6.45, 7) is 0. The highest BCUT2D eigenvalue weighted by atomic mass is 79.9. The molecule has 1 heterocycles. The molecule has 17 heavy (non-hydrogen) atoms. The fraction of sp³-hybridized carbons (Fsp3) is 0.667. The standard InChI is InChI=1S/C12H14BrNO2S/c1-16-11(15)9-10(17-12(13)14-9)8-5-6-2-3-7(8)4-6/h6-8H,2-5H2,1H3. The molecule has 92 valence electrons. The van der Waals surface area contributed by atoms with Crippen LogP contribution in [0.4, 0.5) is 0 Å². The van der Waals surface area contributed by atoms with Gasteiger partial charge in [0.25, 0.3) is 0 Å². The van der Waals surface area contributed by atoms with Crippen LogP contribution in [-0.2, 0) is 4.74 Å². The summed E-state index contributed by atoms with van der Waals surface area (Å²) in [4.78, 5) is 17.1. The average molecular weight is 316 g/mol. The predicted octanol–water partition coefficient (Wildman–Crippen LogP) is 3.60. The van der Waals surface area contributed by atoms with Crippen LogP contribution in [0.15, 0.2) is 3.92 Å². The summed E-state index contributed by atoms with van der Waals surface area (Å²) >= 11 is 4.98. The lowest BCUT2D eigenvalue weighted by Crippen LogP contribution is -2.12. The monoisotopic (exact) mass is 315 g/mol. The maximum atomic E-state index is 11.7. The first-order chi connectivity index (χ1) is 8.19. The van der Waals surface area contributed by atoms with Crippen LogP contribution in [0.5, 0.6) is 0 Å². The molecular weight excluding hydrogens is 302 g/mol. The molecule has 5 heteroatoms. The van der Waals surface area contributed by atoms with Crippen molar-refractivity contribution in [3.63, 3.8) is 0 Å². The van der Waals surface area contributed by atoms with Crippen LogP contribution in [0.2, 0.25) is 0 Å². The maximum absolute atomic E-state index is 11.7. The molecule has 0 aliphatic heterocycles. The highest BCUT2D eigenvalue weighted by molar-refractivity contribution is 9.11. The van der Waals surface area contributed by atoms with Gasteiger partial charge < -0.3 is 4.74 Å². The molecule has 3 atom stereocenters. The van der Waals surface area contributed by atoms with Crippen molar-refractivity contribution in [1.29, 1.82) is 0 Å². The van der Waals surface area contributed by atoms with Crippen molar-refractivity contribution in [2.45, 2.75) is 31.6 Å². The summed E-state index contributed by atoms with van der Waals surface area (Å²) < 4.78 is 5.60. The van der Waals surface area contributed by atoms with Gasteiger partial charge in [0.2, 0.25) is 0 Å². The number of hydrogen-bond donors (Lipinski definition) is 0. The van der Waals surface area contributed by atoms with Crippen LogP contribution in [-0.4, -0.2) is 18.1 Å². The lowest BCUT2D eigenvalue weighted by molar-refractivity contribution is 0.0592. The smallest absolute Gasteiger partial charge is 0.357 e. The second-order valence-corrected chi connectivity index (χ2v) is 7.26. The third kappa shape index (κ3) is 1.93. The van der Waals surface area contributed by atoms with Gasteiger partial charge in [-0.1, -0.05) is 6.42 Å². The molecule has 2 aliphatic rings. The minimum atomic E-state index is -0.301. The van der Waals surface area contributed by atoms with E-state index in [0.717, 1.165) is 20.6 Å². The fourth-order valence-electron chi connectivity index (χ4n) is 3.36. The molecule has 0 spiro atoms.